The number of halogens is 1. The van der Waals surface area contributed by atoms with Crippen LogP contribution in [0.3, 0.4) is 0 Å². The number of ether oxygens (including phenoxy) is 6. The smallest absolute Gasteiger partial charge is 0.303 e. The lowest BCUT2D eigenvalue weighted by Crippen LogP contribution is -2.63. The highest BCUT2D eigenvalue weighted by atomic mass is 35.5. The van der Waals surface area contributed by atoms with Crippen molar-refractivity contribution in [1.29, 1.82) is 0 Å². The van der Waals surface area contributed by atoms with Gasteiger partial charge < -0.3 is 33.7 Å². The number of nitrogens with one attached hydrogen (secondary N) is 1. The van der Waals surface area contributed by atoms with Crippen LogP contribution in [-0.4, -0.2) is 73.0 Å². The molecule has 0 spiro atoms. The normalized spacial score (nSPS) is 23.4. The highest BCUT2D eigenvalue weighted by molar-refractivity contribution is 6.29. The van der Waals surface area contributed by atoms with E-state index in [1.54, 1.807) is 0 Å². The Bertz CT molecular complexity index is 936. The summed E-state index contributed by atoms with van der Waals surface area (Å²) in [6.07, 6.45) is -6.48. The Morgan fingerprint density at radius 2 is 1.37 bits per heavy atom. The van der Waals surface area contributed by atoms with E-state index in [0.717, 1.165) is 20.8 Å². The van der Waals surface area contributed by atoms with Crippen LogP contribution in [0.1, 0.15) is 27.7 Å². The van der Waals surface area contributed by atoms with Gasteiger partial charge in [-0.2, -0.15) is 0 Å². The van der Waals surface area contributed by atoms with Crippen molar-refractivity contribution in [2.45, 2.75) is 58.4 Å². The molecule has 0 saturated carbocycles. The minimum absolute atomic E-state index is 0.219. The predicted molar refractivity (Wildman–Crippen MR) is 118 cm³/mol. The molecule has 192 valence electrons. The number of rotatable bonds is 9. The van der Waals surface area contributed by atoms with E-state index in [2.05, 4.69) is 5.32 Å². The van der Waals surface area contributed by atoms with Crippen LogP contribution < -0.4 is 10.1 Å². The van der Waals surface area contributed by atoms with Crippen LogP contribution in [-0.2, 0) is 47.7 Å². The van der Waals surface area contributed by atoms with Crippen molar-refractivity contribution in [2.24, 2.45) is 0 Å². The third-order valence-corrected chi connectivity index (χ3v) is 4.70. The summed E-state index contributed by atoms with van der Waals surface area (Å²) >= 11 is 5.48. The lowest BCUT2D eigenvalue weighted by atomic mass is 9.98. The zero-order valence-corrected chi connectivity index (χ0v) is 20.2. The molecule has 12 nitrogen and oxygen atoms in total. The second kappa shape index (κ2) is 12.9. The molecule has 1 fully saturated rings. The van der Waals surface area contributed by atoms with Crippen LogP contribution in [0.25, 0.3) is 0 Å². The number of carbonyl (C=O) groups excluding carboxylic acids is 5. The first-order valence-electron chi connectivity index (χ1n) is 10.4. The topological polar surface area (TPSA) is 153 Å². The van der Waals surface area contributed by atoms with E-state index >= 15 is 0 Å². The average molecular weight is 516 g/mol. The molecule has 0 aliphatic carbocycles. The summed E-state index contributed by atoms with van der Waals surface area (Å²) in [5, 5.41) is 2.56. The van der Waals surface area contributed by atoms with Crippen LogP contribution >= 0.6 is 11.6 Å². The maximum absolute atomic E-state index is 11.8. The largest absolute Gasteiger partial charge is 0.463 e. The van der Waals surface area contributed by atoms with Crippen LogP contribution in [0.2, 0.25) is 0 Å². The first-order valence-corrected chi connectivity index (χ1v) is 11.0. The second-order valence-electron chi connectivity index (χ2n) is 7.39. The van der Waals surface area contributed by atoms with Crippen LogP contribution in [0, 0.1) is 0 Å². The molecular formula is C22H26ClNO11. The maximum atomic E-state index is 11.8. The minimum atomic E-state index is -1.36. The van der Waals surface area contributed by atoms with Gasteiger partial charge in [0.15, 0.2) is 12.2 Å². The van der Waals surface area contributed by atoms with Gasteiger partial charge in [-0.25, -0.2) is 0 Å². The summed E-state index contributed by atoms with van der Waals surface area (Å²) in [7, 11) is 0. The van der Waals surface area contributed by atoms with Crippen molar-refractivity contribution in [3.63, 3.8) is 0 Å². The summed E-state index contributed by atoms with van der Waals surface area (Å²) in [5.74, 6) is -3.26. The molecule has 13 heteroatoms. The molecule has 0 aromatic heterocycles. The van der Waals surface area contributed by atoms with E-state index < -0.39 is 60.5 Å². The number of carbonyl (C=O) groups is 5. The molecule has 1 aliphatic rings. The molecule has 0 radical (unpaired) electrons. The number of amides is 1. The number of esters is 4. The minimum Gasteiger partial charge on any atom is -0.463 e. The number of benzene rings is 1. The molecule has 1 heterocycles. The number of hydrogen-bond acceptors (Lipinski definition) is 11. The van der Waals surface area contributed by atoms with E-state index in [1.807, 2.05) is 0 Å². The molecule has 5 atom stereocenters. The van der Waals surface area contributed by atoms with Gasteiger partial charge in [-0.1, -0.05) is 0 Å². The maximum Gasteiger partial charge on any atom is 0.303 e. The summed E-state index contributed by atoms with van der Waals surface area (Å²) in [4.78, 5) is 58.3. The molecule has 1 aromatic carbocycles. The standard InChI is InChI=1S/C22H26ClNO11/c1-11(25)30-10-17-19(31-12(2)26)20(32-13(3)27)21(33-14(4)28)22(35-17)34-16-7-5-15(6-8-16)24-18(29)9-23/h5-8,17,19-22H,9-10H2,1-4H3,(H,24,29)/t17-,19-,20+,21+,22+/m1/s1. The third-order valence-electron chi connectivity index (χ3n) is 4.46. The SMILES string of the molecule is CC(=O)OC[C@H]1O[C@H](Oc2ccc(NC(=O)CCl)cc2)[C@@H](OC(C)=O)[C@@H](OC(C)=O)[C@@H]1OC(C)=O. The fourth-order valence-electron chi connectivity index (χ4n) is 3.23. The highest BCUT2D eigenvalue weighted by Gasteiger charge is 2.53. The van der Waals surface area contributed by atoms with E-state index in [-0.39, 0.29) is 18.2 Å². The predicted octanol–water partition coefficient (Wildman–Crippen LogP) is 1.33. The van der Waals surface area contributed by atoms with Gasteiger partial charge >= 0.3 is 23.9 Å². The number of alkyl halides is 1. The molecule has 2 rings (SSSR count). The molecule has 1 N–H and O–H groups in total. The van der Waals surface area contributed by atoms with Crippen molar-refractivity contribution < 1.29 is 52.4 Å². The van der Waals surface area contributed by atoms with Gasteiger partial charge in [-0.15, -0.1) is 11.6 Å². The van der Waals surface area contributed by atoms with Crippen molar-refractivity contribution in [1.82, 2.24) is 0 Å². The van der Waals surface area contributed by atoms with E-state index in [1.165, 1.54) is 31.2 Å². The number of hydrogen-bond donors (Lipinski definition) is 1. The Kier molecular flexibility index (Phi) is 10.3. The van der Waals surface area contributed by atoms with Gasteiger partial charge in [-0.05, 0) is 24.3 Å². The molecule has 1 aliphatic heterocycles. The lowest BCUT2D eigenvalue weighted by Gasteiger charge is -2.43. The van der Waals surface area contributed by atoms with Crippen LogP contribution in [0.5, 0.6) is 5.75 Å². The molecule has 1 amide bonds. The number of anilines is 1. The van der Waals surface area contributed by atoms with Gasteiger partial charge in [0.2, 0.25) is 18.3 Å². The van der Waals surface area contributed by atoms with Gasteiger partial charge in [-0.3, -0.25) is 24.0 Å². The Morgan fingerprint density at radius 1 is 0.829 bits per heavy atom. The summed E-state index contributed by atoms with van der Waals surface area (Å²) in [6.45, 7) is 4.17. The fourth-order valence-corrected chi connectivity index (χ4v) is 3.30. The van der Waals surface area contributed by atoms with Gasteiger partial charge in [0.05, 0.1) is 0 Å². The van der Waals surface area contributed by atoms with E-state index in [9.17, 15) is 24.0 Å². The second-order valence-corrected chi connectivity index (χ2v) is 7.66. The summed E-state index contributed by atoms with van der Waals surface area (Å²) < 4.78 is 32.7. The third kappa shape index (κ3) is 8.72. The summed E-state index contributed by atoms with van der Waals surface area (Å²) in [5.41, 5.74) is 0.449. The Balaban J connectivity index is 2.38. The Labute approximate surface area is 206 Å². The molecule has 1 aromatic rings. The zero-order chi connectivity index (χ0) is 26.1. The molecule has 0 bridgehead atoms. The van der Waals surface area contributed by atoms with Crippen molar-refractivity contribution in [2.75, 3.05) is 17.8 Å². The van der Waals surface area contributed by atoms with Gasteiger partial charge in [0.1, 0.15) is 24.3 Å². The molecular weight excluding hydrogens is 490 g/mol. The van der Waals surface area contributed by atoms with E-state index in [0.29, 0.717) is 5.69 Å². The van der Waals surface area contributed by atoms with Gasteiger partial charge in [0, 0.05) is 33.4 Å². The quantitative estimate of drug-likeness (QED) is 0.288. The Hall–Kier alpha value is -3.38. The summed E-state index contributed by atoms with van der Waals surface area (Å²) in [6, 6.07) is 6.06. The lowest BCUT2D eigenvalue weighted by molar-refractivity contribution is -0.288. The zero-order valence-electron chi connectivity index (χ0n) is 19.5. The van der Waals surface area contributed by atoms with Crippen LogP contribution in [0.4, 0.5) is 5.69 Å². The Morgan fingerprint density at radius 3 is 1.89 bits per heavy atom. The van der Waals surface area contributed by atoms with Crippen molar-refractivity contribution in [3.05, 3.63) is 24.3 Å². The molecule has 35 heavy (non-hydrogen) atoms. The first-order chi connectivity index (χ1) is 16.5. The van der Waals surface area contributed by atoms with Crippen molar-refractivity contribution >= 4 is 47.1 Å². The monoisotopic (exact) mass is 515 g/mol. The molecule has 1 saturated heterocycles. The van der Waals surface area contributed by atoms with Crippen molar-refractivity contribution in [3.8, 4) is 5.75 Å². The van der Waals surface area contributed by atoms with E-state index in [4.69, 9.17) is 40.0 Å². The van der Waals surface area contributed by atoms with Crippen LogP contribution in [0.15, 0.2) is 24.3 Å². The fraction of sp³-hybridized carbons (Fsp3) is 0.500. The van der Waals surface area contributed by atoms with Gasteiger partial charge in [0.25, 0.3) is 0 Å². The average Bonchev–Trinajstić information content (AvgIpc) is 2.76. The molecule has 0 unspecified atom stereocenters. The highest BCUT2D eigenvalue weighted by Crippen LogP contribution is 2.31. The first kappa shape index (κ1) is 27.9.